The molecule has 0 saturated heterocycles. The summed E-state index contributed by atoms with van der Waals surface area (Å²) < 4.78 is 0. The molecule has 0 saturated carbocycles. The maximum Gasteiger partial charge on any atom is 0.0802 e. The van der Waals surface area contributed by atoms with E-state index in [9.17, 15) is 0 Å². The standard InChI is InChI=1S/C9H6NS/c1-2-6-10-8(4-1)9-5-3-7-11-9/h1,3-7H. The molecule has 0 aliphatic heterocycles. The van der Waals surface area contributed by atoms with Crippen LogP contribution in [0.15, 0.2) is 35.8 Å². The van der Waals surface area contributed by atoms with E-state index < -0.39 is 0 Å². The van der Waals surface area contributed by atoms with Crippen molar-refractivity contribution in [1.29, 1.82) is 0 Å². The average Bonchev–Trinajstić information content (AvgIpc) is 2.58. The molecule has 0 unspecified atom stereocenters. The molecule has 2 heteroatoms. The zero-order valence-corrected chi connectivity index (χ0v) is 6.64. The van der Waals surface area contributed by atoms with Gasteiger partial charge in [-0.3, -0.25) is 4.98 Å². The minimum atomic E-state index is 1.03. The van der Waals surface area contributed by atoms with Crippen LogP contribution in [0.2, 0.25) is 0 Å². The maximum absolute atomic E-state index is 4.18. The minimum absolute atomic E-state index is 1.03. The highest BCUT2D eigenvalue weighted by molar-refractivity contribution is 7.13. The summed E-state index contributed by atoms with van der Waals surface area (Å²) in [5.41, 5.74) is 1.03. The number of pyridine rings is 1. The van der Waals surface area contributed by atoms with Crippen molar-refractivity contribution in [1.82, 2.24) is 4.98 Å². The first-order chi connectivity index (χ1) is 5.47. The minimum Gasteiger partial charge on any atom is -0.255 e. The Hall–Kier alpha value is -1.15. The molecule has 0 amide bonds. The molecule has 2 aromatic heterocycles. The lowest BCUT2D eigenvalue weighted by molar-refractivity contribution is 1.33. The zero-order valence-electron chi connectivity index (χ0n) is 5.82. The molecule has 0 spiro atoms. The van der Waals surface area contributed by atoms with Gasteiger partial charge in [0.1, 0.15) is 0 Å². The number of aromatic nitrogens is 1. The largest absolute Gasteiger partial charge is 0.255 e. The number of hydrogen-bond donors (Lipinski definition) is 0. The van der Waals surface area contributed by atoms with E-state index in [0.29, 0.717) is 0 Å². The normalized spacial score (nSPS) is 9.82. The van der Waals surface area contributed by atoms with Gasteiger partial charge in [0.25, 0.3) is 0 Å². The molecule has 0 atom stereocenters. The van der Waals surface area contributed by atoms with Crippen LogP contribution in [0.4, 0.5) is 0 Å². The summed E-state index contributed by atoms with van der Waals surface area (Å²) in [4.78, 5) is 5.38. The third kappa shape index (κ3) is 1.30. The van der Waals surface area contributed by atoms with Crippen molar-refractivity contribution in [2.45, 2.75) is 0 Å². The lowest BCUT2D eigenvalue weighted by atomic mass is 10.3. The highest BCUT2D eigenvalue weighted by Crippen LogP contribution is 2.21. The van der Waals surface area contributed by atoms with Crippen molar-refractivity contribution < 1.29 is 0 Å². The second-order valence-corrected chi connectivity index (χ2v) is 3.07. The Morgan fingerprint density at radius 2 is 2.36 bits per heavy atom. The van der Waals surface area contributed by atoms with E-state index in [1.54, 1.807) is 17.5 Å². The number of thiophene rings is 1. The van der Waals surface area contributed by atoms with Crippen LogP contribution in [-0.2, 0) is 0 Å². The first kappa shape index (κ1) is 6.55. The fourth-order valence-corrected chi connectivity index (χ4v) is 1.59. The van der Waals surface area contributed by atoms with Crippen molar-refractivity contribution in [3.8, 4) is 10.6 Å². The Kier molecular flexibility index (Phi) is 1.69. The molecule has 53 valence electrons. The molecule has 0 aromatic carbocycles. The Morgan fingerprint density at radius 1 is 1.36 bits per heavy atom. The van der Waals surface area contributed by atoms with Gasteiger partial charge < -0.3 is 0 Å². The van der Waals surface area contributed by atoms with Crippen molar-refractivity contribution in [3.63, 3.8) is 0 Å². The molecule has 2 heterocycles. The van der Waals surface area contributed by atoms with Crippen LogP contribution >= 0.6 is 11.3 Å². The first-order valence-corrected chi connectivity index (χ1v) is 4.21. The second-order valence-electron chi connectivity index (χ2n) is 2.12. The van der Waals surface area contributed by atoms with E-state index in [1.165, 1.54) is 4.88 Å². The van der Waals surface area contributed by atoms with Crippen molar-refractivity contribution >= 4 is 11.3 Å². The highest BCUT2D eigenvalue weighted by atomic mass is 32.1. The summed E-state index contributed by atoms with van der Waals surface area (Å²) >= 11 is 1.70. The van der Waals surface area contributed by atoms with Crippen molar-refractivity contribution in [3.05, 3.63) is 41.9 Å². The molecule has 0 aliphatic carbocycles. The molecule has 0 N–H and O–H groups in total. The monoisotopic (exact) mass is 160 g/mol. The fourth-order valence-electron chi connectivity index (χ4n) is 0.890. The van der Waals surface area contributed by atoms with Gasteiger partial charge in [0, 0.05) is 12.3 Å². The van der Waals surface area contributed by atoms with Crippen LogP contribution < -0.4 is 0 Å². The van der Waals surface area contributed by atoms with E-state index in [0.717, 1.165) is 5.69 Å². The zero-order chi connectivity index (χ0) is 7.52. The summed E-state index contributed by atoms with van der Waals surface area (Å²) in [6, 6.07) is 10.8. The summed E-state index contributed by atoms with van der Waals surface area (Å²) in [6.07, 6.45) is 1.69. The van der Waals surface area contributed by atoms with Crippen molar-refractivity contribution in [2.24, 2.45) is 0 Å². The van der Waals surface area contributed by atoms with Crippen LogP contribution in [0.5, 0.6) is 0 Å². The third-order valence-corrected chi connectivity index (χ3v) is 2.28. The van der Waals surface area contributed by atoms with Crippen LogP contribution in [0.25, 0.3) is 10.6 Å². The smallest absolute Gasteiger partial charge is 0.0802 e. The molecule has 0 bridgehead atoms. The summed E-state index contributed by atoms with van der Waals surface area (Å²) in [7, 11) is 0. The Labute approximate surface area is 69.3 Å². The van der Waals surface area contributed by atoms with E-state index >= 15 is 0 Å². The van der Waals surface area contributed by atoms with Crippen molar-refractivity contribution in [2.75, 3.05) is 0 Å². The molecule has 1 nitrogen and oxygen atoms in total. The van der Waals surface area contributed by atoms with Gasteiger partial charge in [0.15, 0.2) is 0 Å². The molecule has 0 fully saturated rings. The van der Waals surface area contributed by atoms with Gasteiger partial charge in [-0.15, -0.1) is 11.3 Å². The third-order valence-electron chi connectivity index (χ3n) is 1.39. The van der Waals surface area contributed by atoms with Gasteiger partial charge in [0.2, 0.25) is 0 Å². The predicted octanol–water partition coefficient (Wildman–Crippen LogP) is 2.61. The number of nitrogens with zero attached hydrogens (tertiary/aromatic N) is 1. The Bertz CT molecular complexity index is 313. The topological polar surface area (TPSA) is 12.9 Å². The lowest BCUT2D eigenvalue weighted by Crippen LogP contribution is -1.75. The Morgan fingerprint density at radius 3 is 3.00 bits per heavy atom. The summed E-state index contributed by atoms with van der Waals surface area (Å²) in [5, 5.41) is 2.05. The molecule has 0 aliphatic rings. The van der Waals surface area contributed by atoms with Crippen LogP contribution in [0.1, 0.15) is 0 Å². The molecule has 2 aromatic rings. The van der Waals surface area contributed by atoms with Crippen LogP contribution in [-0.4, -0.2) is 4.98 Å². The average molecular weight is 160 g/mol. The number of rotatable bonds is 1. The van der Waals surface area contributed by atoms with Gasteiger partial charge in [-0.2, -0.15) is 0 Å². The summed E-state index contributed by atoms with van der Waals surface area (Å²) in [5.74, 6) is 0. The van der Waals surface area contributed by atoms with E-state index in [2.05, 4.69) is 17.1 Å². The highest BCUT2D eigenvalue weighted by Gasteiger charge is 1.95. The van der Waals surface area contributed by atoms with Gasteiger partial charge in [-0.25, -0.2) is 0 Å². The van der Waals surface area contributed by atoms with E-state index in [-0.39, 0.29) is 0 Å². The fraction of sp³-hybridized carbons (Fsp3) is 0. The van der Waals surface area contributed by atoms with E-state index in [1.807, 2.05) is 23.6 Å². The molecular weight excluding hydrogens is 154 g/mol. The second kappa shape index (κ2) is 2.84. The van der Waals surface area contributed by atoms with Gasteiger partial charge in [-0.1, -0.05) is 12.1 Å². The van der Waals surface area contributed by atoms with Crippen LogP contribution in [0, 0.1) is 6.07 Å². The first-order valence-electron chi connectivity index (χ1n) is 3.33. The number of hydrogen-bond acceptors (Lipinski definition) is 2. The van der Waals surface area contributed by atoms with Crippen LogP contribution in [0.3, 0.4) is 0 Å². The summed E-state index contributed by atoms with van der Waals surface area (Å²) in [6.45, 7) is 0. The van der Waals surface area contributed by atoms with E-state index in [4.69, 9.17) is 0 Å². The van der Waals surface area contributed by atoms with Gasteiger partial charge >= 0.3 is 0 Å². The maximum atomic E-state index is 4.18. The molecule has 11 heavy (non-hydrogen) atoms. The lowest BCUT2D eigenvalue weighted by Gasteiger charge is -1.91. The quantitative estimate of drug-likeness (QED) is 0.625. The molecule has 2 rings (SSSR count). The predicted molar refractivity (Wildman–Crippen MR) is 46.4 cm³/mol. The molecular formula is C9H6NS. The molecule has 1 radical (unpaired) electrons. The van der Waals surface area contributed by atoms with Gasteiger partial charge in [0.05, 0.1) is 10.6 Å². The van der Waals surface area contributed by atoms with Gasteiger partial charge in [-0.05, 0) is 17.5 Å². The SMILES string of the molecule is [c]1ccc(-c2cccs2)nc1. The Balaban J connectivity index is 2.46.